The summed E-state index contributed by atoms with van der Waals surface area (Å²) in [4.78, 5) is 17.5. The van der Waals surface area contributed by atoms with Gasteiger partial charge < -0.3 is 9.64 Å². The van der Waals surface area contributed by atoms with E-state index >= 15 is 0 Å². The average molecular weight is 458 g/mol. The normalized spacial score (nSPS) is 22.4. The number of methoxy groups -OCH3 is 1. The van der Waals surface area contributed by atoms with Gasteiger partial charge in [0.2, 0.25) is 15.9 Å². The minimum absolute atomic E-state index is 0.0400. The van der Waals surface area contributed by atoms with Gasteiger partial charge in [0.05, 0.1) is 18.6 Å². The molecule has 2 aromatic rings. The van der Waals surface area contributed by atoms with Crippen LogP contribution in [0.25, 0.3) is 0 Å². The van der Waals surface area contributed by atoms with E-state index in [4.69, 9.17) is 4.74 Å². The summed E-state index contributed by atoms with van der Waals surface area (Å²) >= 11 is 0. The zero-order chi connectivity index (χ0) is 22.9. The van der Waals surface area contributed by atoms with Crippen LogP contribution in [0.3, 0.4) is 0 Å². The first kappa shape index (κ1) is 22.8. The molecule has 2 fully saturated rings. The molecule has 2 aromatic carbocycles. The Hall–Kier alpha value is -2.42. The van der Waals surface area contributed by atoms with Crippen molar-refractivity contribution in [1.29, 1.82) is 0 Å². The van der Waals surface area contributed by atoms with Gasteiger partial charge in [-0.15, -0.1) is 0 Å². The van der Waals surface area contributed by atoms with E-state index in [2.05, 4.69) is 4.90 Å². The topological polar surface area (TPSA) is 70.2 Å². The smallest absolute Gasteiger partial charge is 0.245 e. The first-order valence-electron chi connectivity index (χ1n) is 11.1. The molecule has 0 saturated carbocycles. The zero-order valence-corrected chi connectivity index (χ0v) is 19.7. The Morgan fingerprint density at radius 3 is 2.25 bits per heavy atom. The highest BCUT2D eigenvalue weighted by Gasteiger charge is 2.47. The minimum Gasteiger partial charge on any atom is -0.497 e. The van der Waals surface area contributed by atoms with Gasteiger partial charge in [0.1, 0.15) is 11.9 Å². The van der Waals surface area contributed by atoms with E-state index in [1.54, 1.807) is 48.4 Å². The maximum Gasteiger partial charge on any atom is 0.245 e. The summed E-state index contributed by atoms with van der Waals surface area (Å²) in [5, 5.41) is 0. The van der Waals surface area contributed by atoms with E-state index in [0.717, 1.165) is 37.1 Å². The van der Waals surface area contributed by atoms with Gasteiger partial charge in [-0.25, -0.2) is 8.42 Å². The van der Waals surface area contributed by atoms with Crippen LogP contribution in [0.15, 0.2) is 53.4 Å². The Kier molecular flexibility index (Phi) is 6.55. The van der Waals surface area contributed by atoms with Crippen LogP contribution in [0.5, 0.6) is 5.75 Å². The van der Waals surface area contributed by atoms with Crippen LogP contribution in [0.2, 0.25) is 0 Å². The highest BCUT2D eigenvalue weighted by Crippen LogP contribution is 2.38. The molecule has 8 heteroatoms. The average Bonchev–Trinajstić information content (AvgIpc) is 3.41. The number of benzene rings is 2. The molecule has 0 aliphatic carbocycles. The van der Waals surface area contributed by atoms with Crippen molar-refractivity contribution in [3.05, 3.63) is 59.7 Å². The molecular weight excluding hydrogens is 426 g/mol. The molecule has 7 nitrogen and oxygen atoms in total. The van der Waals surface area contributed by atoms with E-state index in [9.17, 15) is 13.2 Å². The van der Waals surface area contributed by atoms with E-state index in [-0.39, 0.29) is 23.4 Å². The van der Waals surface area contributed by atoms with Crippen LogP contribution in [-0.2, 0) is 14.8 Å². The molecule has 0 radical (unpaired) electrons. The third-order valence-corrected chi connectivity index (χ3v) is 8.18. The number of nitrogens with zero attached hydrogens (tertiary/aromatic N) is 3. The molecule has 4 rings (SSSR count). The van der Waals surface area contributed by atoms with E-state index in [1.807, 2.05) is 26.0 Å². The maximum absolute atomic E-state index is 13.7. The van der Waals surface area contributed by atoms with Gasteiger partial charge in [-0.05, 0) is 69.6 Å². The fourth-order valence-corrected chi connectivity index (χ4v) is 6.25. The number of carbonyl (C=O) groups is 1. The lowest BCUT2D eigenvalue weighted by atomic mass is 10.1. The van der Waals surface area contributed by atoms with Gasteiger partial charge in [0, 0.05) is 12.6 Å². The monoisotopic (exact) mass is 457 g/mol. The second-order valence-electron chi connectivity index (χ2n) is 8.67. The molecule has 32 heavy (non-hydrogen) atoms. The fourth-order valence-electron chi connectivity index (χ4n) is 4.60. The van der Waals surface area contributed by atoms with Crippen LogP contribution < -0.4 is 4.74 Å². The third kappa shape index (κ3) is 4.40. The molecule has 2 heterocycles. The molecule has 0 bridgehead atoms. The van der Waals surface area contributed by atoms with E-state index in [0.29, 0.717) is 12.3 Å². The summed E-state index contributed by atoms with van der Waals surface area (Å²) in [6.07, 6.45) is 1.49. The predicted octanol–water partition coefficient (Wildman–Crippen LogP) is 3.02. The number of aryl methyl sites for hydroxylation is 1. The molecule has 0 N–H and O–H groups in total. The summed E-state index contributed by atoms with van der Waals surface area (Å²) in [6, 6.07) is 13.9. The highest BCUT2D eigenvalue weighted by molar-refractivity contribution is 7.89. The highest BCUT2D eigenvalue weighted by atomic mass is 32.2. The fraction of sp³-hybridized carbons (Fsp3) is 0.458. The van der Waals surface area contributed by atoms with Crippen molar-refractivity contribution in [2.24, 2.45) is 0 Å². The molecule has 0 spiro atoms. The van der Waals surface area contributed by atoms with E-state index < -0.39 is 16.2 Å². The molecule has 2 atom stereocenters. The summed E-state index contributed by atoms with van der Waals surface area (Å²) in [5.41, 5.74) is 1.74. The number of carbonyl (C=O) groups excluding carboxylic acids is 1. The second kappa shape index (κ2) is 9.21. The number of likely N-dealkylation sites (tertiary alicyclic amines) is 1. The zero-order valence-electron chi connectivity index (χ0n) is 18.9. The lowest BCUT2D eigenvalue weighted by molar-refractivity contribution is -0.135. The summed E-state index contributed by atoms with van der Waals surface area (Å²) in [7, 11) is -2.21. The van der Waals surface area contributed by atoms with Crippen LogP contribution in [-0.4, -0.2) is 67.8 Å². The standard InChI is InChI=1S/C24H31N3O4S/c1-18-6-12-22(13-7-18)32(29,30)26-16-19(2)27(23(28)17-25-14-4-5-15-25)24(26)20-8-10-21(31-3)11-9-20/h6-13,19,24H,4-5,14-17H2,1-3H3/t19-,24+/m1/s1. The van der Waals surface area contributed by atoms with Crippen molar-refractivity contribution in [2.45, 2.75) is 43.8 Å². The molecule has 1 amide bonds. The molecular formula is C24H31N3O4S. The van der Waals surface area contributed by atoms with Crippen LogP contribution in [0, 0.1) is 6.92 Å². The molecule has 2 saturated heterocycles. The van der Waals surface area contributed by atoms with Crippen LogP contribution in [0.4, 0.5) is 0 Å². The summed E-state index contributed by atoms with van der Waals surface area (Å²) in [6.45, 7) is 6.23. The number of hydrogen-bond acceptors (Lipinski definition) is 5. The van der Waals surface area contributed by atoms with Gasteiger partial charge in [-0.2, -0.15) is 4.31 Å². The van der Waals surface area contributed by atoms with Crippen LogP contribution >= 0.6 is 0 Å². The van der Waals surface area contributed by atoms with Crippen molar-refractivity contribution >= 4 is 15.9 Å². The lowest BCUT2D eigenvalue weighted by Gasteiger charge is -2.32. The van der Waals surface area contributed by atoms with Crippen molar-refractivity contribution in [2.75, 3.05) is 33.3 Å². The number of rotatable bonds is 6. The van der Waals surface area contributed by atoms with Crippen molar-refractivity contribution < 1.29 is 17.9 Å². The Labute approximate surface area is 190 Å². The van der Waals surface area contributed by atoms with Gasteiger partial charge in [-0.3, -0.25) is 9.69 Å². The first-order chi connectivity index (χ1) is 15.3. The van der Waals surface area contributed by atoms with Crippen molar-refractivity contribution in [1.82, 2.24) is 14.1 Å². The molecule has 2 aliphatic heterocycles. The van der Waals surface area contributed by atoms with Gasteiger partial charge in [0.15, 0.2) is 0 Å². The van der Waals surface area contributed by atoms with Crippen LogP contribution in [0.1, 0.15) is 37.1 Å². The molecule has 0 aromatic heterocycles. The Balaban J connectivity index is 1.72. The molecule has 2 aliphatic rings. The maximum atomic E-state index is 13.7. The second-order valence-corrected chi connectivity index (χ2v) is 10.6. The lowest BCUT2D eigenvalue weighted by Crippen LogP contribution is -2.44. The quantitative estimate of drug-likeness (QED) is 0.667. The molecule has 172 valence electrons. The molecule has 0 unspecified atom stereocenters. The summed E-state index contributed by atoms with van der Waals surface area (Å²) in [5.74, 6) is 0.643. The Bertz CT molecular complexity index is 1050. The van der Waals surface area contributed by atoms with E-state index in [1.165, 1.54) is 4.31 Å². The SMILES string of the molecule is COc1ccc([C@@H]2N(C(=O)CN3CCCC3)[C@H](C)CN2S(=O)(=O)c2ccc(C)cc2)cc1. The number of sulfonamides is 1. The van der Waals surface area contributed by atoms with Gasteiger partial charge in [0.25, 0.3) is 0 Å². The van der Waals surface area contributed by atoms with Crippen molar-refractivity contribution in [3.63, 3.8) is 0 Å². The predicted molar refractivity (Wildman–Crippen MR) is 123 cm³/mol. The van der Waals surface area contributed by atoms with Crippen molar-refractivity contribution in [3.8, 4) is 5.75 Å². The van der Waals surface area contributed by atoms with Gasteiger partial charge >= 0.3 is 0 Å². The largest absolute Gasteiger partial charge is 0.497 e. The third-order valence-electron chi connectivity index (χ3n) is 6.34. The summed E-state index contributed by atoms with van der Waals surface area (Å²) < 4.78 is 34.1. The number of hydrogen-bond donors (Lipinski definition) is 0. The first-order valence-corrected chi connectivity index (χ1v) is 12.5. The Morgan fingerprint density at radius 1 is 1.03 bits per heavy atom. The Morgan fingerprint density at radius 2 is 1.66 bits per heavy atom. The minimum atomic E-state index is -3.80. The number of amides is 1. The number of ether oxygens (including phenoxy) is 1. The van der Waals surface area contributed by atoms with Gasteiger partial charge in [-0.1, -0.05) is 29.8 Å².